The van der Waals surface area contributed by atoms with Crippen LogP contribution >= 0.6 is 0 Å². The van der Waals surface area contributed by atoms with Crippen LogP contribution < -0.4 is 5.73 Å². The van der Waals surface area contributed by atoms with Crippen LogP contribution in [0.15, 0.2) is 24.3 Å². The molecule has 2 fully saturated rings. The average molecular weight is 230 g/mol. The van der Waals surface area contributed by atoms with Gasteiger partial charge in [-0.05, 0) is 29.9 Å². The first-order valence-electron chi connectivity index (χ1n) is 6.23. The maximum atomic E-state index is 10.6. The maximum absolute atomic E-state index is 10.6. The lowest BCUT2D eigenvalue weighted by Crippen LogP contribution is -2.60. The van der Waals surface area contributed by atoms with Crippen molar-refractivity contribution in [3.05, 3.63) is 35.4 Å². The Hall–Kier alpha value is -1.35. The van der Waals surface area contributed by atoms with E-state index < -0.39 is 0 Å². The second-order valence-electron chi connectivity index (χ2n) is 5.56. The van der Waals surface area contributed by atoms with Crippen molar-refractivity contribution in [3.63, 3.8) is 0 Å². The fourth-order valence-electron chi connectivity index (χ4n) is 3.30. The van der Waals surface area contributed by atoms with Crippen molar-refractivity contribution < 1.29 is 4.79 Å². The molecular formula is C14H18N2O. The smallest absolute Gasteiger partial charge is 0.209 e. The lowest BCUT2D eigenvalue weighted by Gasteiger charge is -2.58. The van der Waals surface area contributed by atoms with Crippen molar-refractivity contribution >= 4 is 6.41 Å². The van der Waals surface area contributed by atoms with Crippen LogP contribution in [0.2, 0.25) is 0 Å². The Morgan fingerprint density at radius 1 is 1.29 bits per heavy atom. The summed E-state index contributed by atoms with van der Waals surface area (Å²) >= 11 is 0. The van der Waals surface area contributed by atoms with Crippen LogP contribution in [-0.2, 0) is 11.3 Å². The van der Waals surface area contributed by atoms with Crippen molar-refractivity contribution in [2.75, 3.05) is 13.1 Å². The highest BCUT2D eigenvalue weighted by Gasteiger charge is 2.52. The molecule has 1 amide bonds. The first-order chi connectivity index (χ1) is 8.24. The number of likely N-dealkylation sites (tertiary alicyclic amines) is 1. The van der Waals surface area contributed by atoms with Crippen molar-refractivity contribution in [1.82, 2.24) is 4.90 Å². The molecule has 90 valence electrons. The Morgan fingerprint density at radius 2 is 1.94 bits per heavy atom. The van der Waals surface area contributed by atoms with Gasteiger partial charge in [0.1, 0.15) is 0 Å². The molecule has 3 rings (SSSR count). The molecular weight excluding hydrogens is 212 g/mol. The van der Waals surface area contributed by atoms with Crippen LogP contribution in [0.1, 0.15) is 29.9 Å². The summed E-state index contributed by atoms with van der Waals surface area (Å²) < 4.78 is 0. The first-order valence-corrected chi connectivity index (χ1v) is 6.23. The van der Waals surface area contributed by atoms with E-state index in [1.807, 2.05) is 4.90 Å². The van der Waals surface area contributed by atoms with Gasteiger partial charge in [0.25, 0.3) is 0 Å². The number of nitrogens with zero attached hydrogens (tertiary/aromatic N) is 1. The van der Waals surface area contributed by atoms with Gasteiger partial charge >= 0.3 is 0 Å². The zero-order valence-electron chi connectivity index (χ0n) is 9.93. The minimum atomic E-state index is 0.456. The molecule has 3 heteroatoms. The van der Waals surface area contributed by atoms with E-state index in [1.165, 1.54) is 24.0 Å². The average Bonchev–Trinajstić information content (AvgIpc) is 2.27. The number of benzene rings is 1. The van der Waals surface area contributed by atoms with Gasteiger partial charge < -0.3 is 10.6 Å². The second-order valence-corrected chi connectivity index (χ2v) is 5.56. The van der Waals surface area contributed by atoms with Crippen molar-refractivity contribution in [3.8, 4) is 0 Å². The third-order valence-corrected chi connectivity index (χ3v) is 4.27. The standard InChI is InChI=1S/C14H18N2O/c15-7-11-1-3-12(4-2-11)13-5-14(6-13)8-16(9-14)10-17/h1-4,10,13H,5-9,15H2. The van der Waals surface area contributed by atoms with Crippen LogP contribution in [0.5, 0.6) is 0 Å². The molecule has 0 bridgehead atoms. The predicted molar refractivity (Wildman–Crippen MR) is 66.4 cm³/mol. The first kappa shape index (κ1) is 10.8. The molecule has 17 heavy (non-hydrogen) atoms. The number of carbonyl (C=O) groups is 1. The van der Waals surface area contributed by atoms with Gasteiger partial charge in [-0.25, -0.2) is 0 Å². The van der Waals surface area contributed by atoms with Gasteiger partial charge in [-0.15, -0.1) is 0 Å². The monoisotopic (exact) mass is 230 g/mol. The quantitative estimate of drug-likeness (QED) is 0.799. The van der Waals surface area contributed by atoms with E-state index in [1.54, 1.807) is 0 Å². The molecule has 1 aromatic rings. The van der Waals surface area contributed by atoms with E-state index in [0.717, 1.165) is 19.5 Å². The number of carbonyl (C=O) groups excluding carboxylic acids is 1. The maximum Gasteiger partial charge on any atom is 0.209 e. The van der Waals surface area contributed by atoms with Gasteiger partial charge in [-0.1, -0.05) is 24.3 Å². The Labute approximate surface area is 102 Å². The summed E-state index contributed by atoms with van der Waals surface area (Å²) in [5.74, 6) is 0.690. The fraction of sp³-hybridized carbons (Fsp3) is 0.500. The summed E-state index contributed by atoms with van der Waals surface area (Å²) in [6.45, 7) is 2.55. The molecule has 2 N–H and O–H groups in total. The van der Waals surface area contributed by atoms with E-state index in [9.17, 15) is 4.79 Å². The molecule has 1 spiro atoms. The zero-order chi connectivity index (χ0) is 11.9. The largest absolute Gasteiger partial charge is 0.344 e. The molecule has 1 heterocycles. The Balaban J connectivity index is 1.60. The van der Waals surface area contributed by atoms with Crippen LogP contribution in [0, 0.1) is 5.41 Å². The zero-order valence-corrected chi connectivity index (χ0v) is 9.93. The normalized spacial score (nSPS) is 22.1. The van der Waals surface area contributed by atoms with Crippen molar-refractivity contribution in [1.29, 1.82) is 0 Å². The van der Waals surface area contributed by atoms with Gasteiger partial charge in [0.2, 0.25) is 6.41 Å². The number of nitrogens with two attached hydrogens (primary N) is 1. The molecule has 0 aromatic heterocycles. The summed E-state index contributed by atoms with van der Waals surface area (Å²) in [6.07, 6.45) is 3.44. The SMILES string of the molecule is NCc1ccc(C2CC3(C2)CN(C=O)C3)cc1. The van der Waals surface area contributed by atoms with Crippen LogP contribution in [-0.4, -0.2) is 24.4 Å². The second kappa shape index (κ2) is 3.84. The third-order valence-electron chi connectivity index (χ3n) is 4.27. The van der Waals surface area contributed by atoms with Gasteiger partial charge in [-0.3, -0.25) is 4.79 Å². The van der Waals surface area contributed by atoms with Crippen molar-refractivity contribution in [2.24, 2.45) is 11.1 Å². The minimum absolute atomic E-state index is 0.456. The van der Waals surface area contributed by atoms with Gasteiger partial charge in [0, 0.05) is 25.0 Å². The fourth-order valence-corrected chi connectivity index (χ4v) is 3.30. The van der Waals surface area contributed by atoms with E-state index in [4.69, 9.17) is 5.73 Å². The molecule has 2 aliphatic rings. The third kappa shape index (κ3) is 1.75. The molecule has 0 unspecified atom stereocenters. The molecule has 1 saturated heterocycles. The highest BCUT2D eigenvalue weighted by atomic mass is 16.1. The molecule has 1 saturated carbocycles. The Morgan fingerprint density at radius 3 is 2.47 bits per heavy atom. The highest BCUT2D eigenvalue weighted by Crippen LogP contribution is 2.55. The van der Waals surface area contributed by atoms with Crippen molar-refractivity contribution in [2.45, 2.75) is 25.3 Å². The molecule has 3 nitrogen and oxygen atoms in total. The van der Waals surface area contributed by atoms with Gasteiger partial charge in [-0.2, -0.15) is 0 Å². The van der Waals surface area contributed by atoms with E-state index in [0.29, 0.717) is 17.9 Å². The Kier molecular flexibility index (Phi) is 2.44. The summed E-state index contributed by atoms with van der Waals surface area (Å²) in [5.41, 5.74) is 8.67. The summed E-state index contributed by atoms with van der Waals surface area (Å²) in [6, 6.07) is 8.66. The van der Waals surface area contributed by atoms with Gasteiger partial charge in [0.15, 0.2) is 0 Å². The van der Waals surface area contributed by atoms with E-state index in [2.05, 4.69) is 24.3 Å². The number of amides is 1. The summed E-state index contributed by atoms with van der Waals surface area (Å²) in [5, 5.41) is 0. The highest BCUT2D eigenvalue weighted by molar-refractivity contribution is 5.50. The topological polar surface area (TPSA) is 46.3 Å². The Bertz CT molecular complexity index is 412. The van der Waals surface area contributed by atoms with Crippen LogP contribution in [0.3, 0.4) is 0 Å². The number of rotatable bonds is 3. The van der Waals surface area contributed by atoms with Crippen LogP contribution in [0.25, 0.3) is 0 Å². The molecule has 1 aromatic carbocycles. The van der Waals surface area contributed by atoms with Gasteiger partial charge in [0.05, 0.1) is 0 Å². The molecule has 0 atom stereocenters. The predicted octanol–water partition coefficient (Wildman–Crippen LogP) is 1.48. The molecule has 1 aliphatic heterocycles. The molecule has 1 aliphatic carbocycles. The minimum Gasteiger partial charge on any atom is -0.344 e. The van der Waals surface area contributed by atoms with E-state index >= 15 is 0 Å². The number of hydrogen-bond acceptors (Lipinski definition) is 2. The lowest BCUT2D eigenvalue weighted by atomic mass is 9.56. The number of hydrogen-bond donors (Lipinski definition) is 1. The summed E-state index contributed by atoms with van der Waals surface area (Å²) in [7, 11) is 0. The van der Waals surface area contributed by atoms with E-state index in [-0.39, 0.29) is 0 Å². The lowest BCUT2D eigenvalue weighted by molar-refractivity contribution is -0.137. The summed E-state index contributed by atoms with van der Waals surface area (Å²) in [4.78, 5) is 12.4. The molecule has 0 radical (unpaired) electrons. The van der Waals surface area contributed by atoms with Crippen LogP contribution in [0.4, 0.5) is 0 Å².